The fraction of sp³-hybridized carbons (Fsp3) is 0.167. The van der Waals surface area contributed by atoms with Crippen molar-refractivity contribution >= 4 is 46.9 Å². The van der Waals surface area contributed by atoms with Gasteiger partial charge in [-0.2, -0.15) is 0 Å². The third kappa shape index (κ3) is 6.17. The second-order valence-corrected chi connectivity index (χ2v) is 5.86. The van der Waals surface area contributed by atoms with Gasteiger partial charge in [0.2, 0.25) is 0 Å². The zero-order chi connectivity index (χ0) is 17.4. The molecule has 0 heterocycles. The number of hydrogen-bond donors (Lipinski definition) is 0. The lowest BCUT2D eigenvalue weighted by atomic mass is 10.0. The normalized spacial score (nSPS) is 13.8. The van der Waals surface area contributed by atoms with Crippen LogP contribution >= 0.6 is 24.0 Å². The van der Waals surface area contributed by atoms with Crippen molar-refractivity contribution < 1.29 is 0 Å². The summed E-state index contributed by atoms with van der Waals surface area (Å²) in [6.07, 6.45) is 15.8. The molecule has 0 N–H and O–H groups in total. The van der Waals surface area contributed by atoms with Gasteiger partial charge in [0.15, 0.2) is 0 Å². The van der Waals surface area contributed by atoms with Gasteiger partial charge in [-0.1, -0.05) is 67.3 Å². The highest BCUT2D eigenvalue weighted by atomic mass is 127. The SMILES string of the molecule is C=C(/C=c1/cc2ccccc2c/c1=C/C)/C(C)=C/C/C=C/C=C\C.I. The van der Waals surface area contributed by atoms with Gasteiger partial charge in [-0.05, 0) is 77.8 Å². The highest BCUT2D eigenvalue weighted by Gasteiger charge is 1.96. The van der Waals surface area contributed by atoms with Gasteiger partial charge in [0.05, 0.1) is 0 Å². The summed E-state index contributed by atoms with van der Waals surface area (Å²) in [5.41, 5.74) is 2.28. The molecule has 130 valence electrons. The number of halogens is 1. The zero-order valence-electron chi connectivity index (χ0n) is 15.3. The molecule has 0 spiro atoms. The molecule has 0 amide bonds. The molecule has 0 saturated carbocycles. The smallest absolute Gasteiger partial charge is 0.0160 e. The van der Waals surface area contributed by atoms with Crippen LogP contribution in [0.15, 0.2) is 84.5 Å². The van der Waals surface area contributed by atoms with Gasteiger partial charge < -0.3 is 0 Å². The van der Waals surface area contributed by atoms with E-state index >= 15 is 0 Å². The summed E-state index contributed by atoms with van der Waals surface area (Å²) >= 11 is 0. The summed E-state index contributed by atoms with van der Waals surface area (Å²) in [6.45, 7) is 10.5. The van der Waals surface area contributed by atoms with Crippen LogP contribution in [0, 0.1) is 0 Å². The van der Waals surface area contributed by atoms with E-state index in [0.717, 1.165) is 12.0 Å². The van der Waals surface area contributed by atoms with Crippen LogP contribution in [0.3, 0.4) is 0 Å². The Hall–Kier alpha value is -1.87. The Morgan fingerprint density at radius 2 is 1.64 bits per heavy atom. The summed E-state index contributed by atoms with van der Waals surface area (Å²) in [5.74, 6) is 0. The predicted octanol–water partition coefficient (Wildman–Crippen LogP) is 6.06. The molecule has 0 radical (unpaired) electrons. The van der Waals surface area contributed by atoms with Crippen molar-refractivity contribution in [2.75, 3.05) is 0 Å². The van der Waals surface area contributed by atoms with Crippen molar-refractivity contribution in [2.45, 2.75) is 27.2 Å². The first-order chi connectivity index (χ1) is 11.7. The van der Waals surface area contributed by atoms with Crippen LogP contribution in [-0.2, 0) is 0 Å². The van der Waals surface area contributed by atoms with E-state index in [4.69, 9.17) is 0 Å². The average molecular weight is 442 g/mol. The molecule has 0 fully saturated rings. The van der Waals surface area contributed by atoms with E-state index in [1.165, 1.54) is 26.8 Å². The van der Waals surface area contributed by atoms with Crippen LogP contribution in [0.4, 0.5) is 0 Å². The number of benzene rings is 2. The summed E-state index contributed by atoms with van der Waals surface area (Å²) in [6, 6.07) is 13.0. The molecule has 25 heavy (non-hydrogen) atoms. The van der Waals surface area contributed by atoms with E-state index in [2.05, 4.69) is 87.2 Å². The fourth-order valence-corrected chi connectivity index (χ4v) is 2.60. The summed E-state index contributed by atoms with van der Waals surface area (Å²) in [5, 5.41) is 5.00. The van der Waals surface area contributed by atoms with Crippen molar-refractivity contribution in [3.05, 3.63) is 94.9 Å². The highest BCUT2D eigenvalue weighted by molar-refractivity contribution is 14.0. The van der Waals surface area contributed by atoms with Crippen LogP contribution in [0.5, 0.6) is 0 Å². The maximum absolute atomic E-state index is 4.24. The topological polar surface area (TPSA) is 0 Å². The van der Waals surface area contributed by atoms with Gasteiger partial charge in [-0.15, -0.1) is 24.0 Å². The minimum Gasteiger partial charge on any atom is -0.107 e. The van der Waals surface area contributed by atoms with Crippen LogP contribution in [-0.4, -0.2) is 0 Å². The standard InChI is InChI=1S/C24H26.HI/c1-5-7-8-9-10-13-19(3)20(4)16-24-18-23-15-12-11-14-22(23)17-21(24)6-2;/h5-9,11-18H,4,10H2,1-3H3;1H/b7-5-,9-8+,19-13+,21-6-,24-16-;. The third-order valence-electron chi connectivity index (χ3n) is 4.10. The molecule has 0 aliphatic carbocycles. The Morgan fingerprint density at radius 1 is 1.00 bits per heavy atom. The molecular formula is C24H27I. The summed E-state index contributed by atoms with van der Waals surface area (Å²) < 4.78 is 0. The molecule has 0 nitrogen and oxygen atoms in total. The highest BCUT2D eigenvalue weighted by Crippen LogP contribution is 2.11. The molecule has 2 aromatic rings. The maximum atomic E-state index is 4.24. The molecule has 0 aromatic heterocycles. The summed E-state index contributed by atoms with van der Waals surface area (Å²) in [4.78, 5) is 0. The molecule has 2 rings (SSSR count). The van der Waals surface area contributed by atoms with Gasteiger partial charge in [0.25, 0.3) is 0 Å². The Balaban J connectivity index is 0.00000312. The molecule has 0 bridgehead atoms. The Kier molecular flexibility index (Phi) is 9.22. The first kappa shape index (κ1) is 21.2. The number of rotatable bonds is 5. The van der Waals surface area contributed by atoms with Crippen molar-refractivity contribution in [3.63, 3.8) is 0 Å². The van der Waals surface area contributed by atoms with Crippen molar-refractivity contribution in [1.82, 2.24) is 0 Å². The average Bonchev–Trinajstić information content (AvgIpc) is 2.60. The second-order valence-electron chi connectivity index (χ2n) is 5.86. The lowest BCUT2D eigenvalue weighted by Crippen LogP contribution is -2.24. The number of allylic oxidation sites excluding steroid dienone is 7. The minimum atomic E-state index is 0. The lowest BCUT2D eigenvalue weighted by molar-refractivity contribution is 1.31. The van der Waals surface area contributed by atoms with E-state index in [9.17, 15) is 0 Å². The van der Waals surface area contributed by atoms with Crippen molar-refractivity contribution in [3.8, 4) is 0 Å². The first-order valence-corrected chi connectivity index (χ1v) is 8.46. The molecule has 0 atom stereocenters. The predicted molar refractivity (Wildman–Crippen MR) is 125 cm³/mol. The Bertz CT molecular complexity index is 924. The molecule has 0 saturated heterocycles. The fourth-order valence-electron chi connectivity index (χ4n) is 2.60. The first-order valence-electron chi connectivity index (χ1n) is 8.46. The van der Waals surface area contributed by atoms with E-state index < -0.39 is 0 Å². The quantitative estimate of drug-likeness (QED) is 0.390. The van der Waals surface area contributed by atoms with E-state index in [1.807, 2.05) is 19.1 Å². The third-order valence-corrected chi connectivity index (χ3v) is 4.10. The largest absolute Gasteiger partial charge is 0.107 e. The molecular weight excluding hydrogens is 415 g/mol. The van der Waals surface area contributed by atoms with E-state index in [1.54, 1.807) is 0 Å². The maximum Gasteiger partial charge on any atom is -0.0160 e. The van der Waals surface area contributed by atoms with Gasteiger partial charge in [-0.3, -0.25) is 0 Å². The molecule has 0 aliphatic heterocycles. The second kappa shape index (κ2) is 10.9. The molecule has 2 aromatic carbocycles. The van der Waals surface area contributed by atoms with Crippen molar-refractivity contribution in [1.29, 1.82) is 0 Å². The molecule has 0 aliphatic rings. The molecule has 1 heteroatoms. The van der Waals surface area contributed by atoms with Gasteiger partial charge in [-0.25, -0.2) is 0 Å². The lowest BCUT2D eigenvalue weighted by Gasteiger charge is -2.02. The zero-order valence-corrected chi connectivity index (χ0v) is 17.7. The molecule has 0 unspecified atom stereocenters. The van der Waals surface area contributed by atoms with E-state index in [-0.39, 0.29) is 24.0 Å². The van der Waals surface area contributed by atoms with Crippen molar-refractivity contribution in [2.24, 2.45) is 0 Å². The van der Waals surface area contributed by atoms with Gasteiger partial charge >= 0.3 is 0 Å². The van der Waals surface area contributed by atoms with E-state index in [0.29, 0.717) is 0 Å². The number of hydrogen-bond acceptors (Lipinski definition) is 0. The van der Waals surface area contributed by atoms with Crippen LogP contribution < -0.4 is 10.4 Å². The van der Waals surface area contributed by atoms with Gasteiger partial charge in [0.1, 0.15) is 0 Å². The minimum absolute atomic E-state index is 0. The van der Waals surface area contributed by atoms with Crippen LogP contribution in [0.2, 0.25) is 0 Å². The summed E-state index contributed by atoms with van der Waals surface area (Å²) in [7, 11) is 0. The van der Waals surface area contributed by atoms with Crippen LogP contribution in [0.1, 0.15) is 27.2 Å². The number of fused-ring (bicyclic) bond motifs is 1. The van der Waals surface area contributed by atoms with Crippen LogP contribution in [0.25, 0.3) is 22.9 Å². The van der Waals surface area contributed by atoms with Gasteiger partial charge in [0, 0.05) is 0 Å². The Morgan fingerprint density at radius 3 is 2.24 bits per heavy atom. The Labute approximate surface area is 168 Å². The monoisotopic (exact) mass is 442 g/mol.